The number of fused-ring (bicyclic) bond motifs is 7. The lowest BCUT2D eigenvalue weighted by atomic mass is 9.68. The second-order valence-electron chi connectivity index (χ2n) is 18.4. The second-order valence-corrected chi connectivity index (χ2v) is 18.4. The Morgan fingerprint density at radius 2 is 0.691 bits per heavy atom. The van der Waals surface area contributed by atoms with Crippen LogP contribution < -0.4 is 4.90 Å². The Morgan fingerprint density at radius 3 is 1.32 bits per heavy atom. The minimum absolute atomic E-state index is 0.379. The summed E-state index contributed by atoms with van der Waals surface area (Å²) in [5.41, 5.74) is 21.2. The number of benzene rings is 11. The minimum Gasteiger partial charge on any atom is -0.309 e. The van der Waals surface area contributed by atoms with Crippen molar-refractivity contribution in [1.82, 2.24) is 0 Å². The van der Waals surface area contributed by atoms with Gasteiger partial charge in [-0.2, -0.15) is 0 Å². The lowest BCUT2D eigenvalue weighted by Gasteiger charge is -2.35. The van der Waals surface area contributed by atoms with Crippen LogP contribution in [0.4, 0.5) is 17.1 Å². The Balaban J connectivity index is 1.16. The molecule has 0 spiro atoms. The monoisotopic (exact) mass is 865 g/mol. The quantitative estimate of drug-likeness (QED) is 0.147. The van der Waals surface area contributed by atoms with Gasteiger partial charge in [0, 0.05) is 22.1 Å². The molecule has 0 aliphatic heterocycles. The molecule has 2 aliphatic carbocycles. The summed E-state index contributed by atoms with van der Waals surface area (Å²) < 4.78 is 0. The second kappa shape index (κ2) is 15.8. The van der Waals surface area contributed by atoms with Crippen molar-refractivity contribution in [3.05, 3.63) is 306 Å². The standard InChI is InChI=1S/C67H47N/c1-66(48-28-8-3-9-29-48)56-39-17-14-35-54(56)64-58(66)41-22-44-61(64)68(60-43-19-16-34-52(60)53-38-21-27-47-26-20-37-51(63(47)53)46-24-6-2-7-25-46)62-45-23-42-59-65(62)55-36-15-18-40-57(55)67(59,49-30-10-4-11-31-49)50-32-12-5-13-33-50/h2-45H,1H3. The summed E-state index contributed by atoms with van der Waals surface area (Å²) in [5, 5.41) is 2.45. The predicted molar refractivity (Wildman–Crippen MR) is 284 cm³/mol. The molecule has 0 heterocycles. The molecule has 0 bridgehead atoms. The van der Waals surface area contributed by atoms with E-state index in [0.29, 0.717) is 0 Å². The van der Waals surface area contributed by atoms with E-state index in [1.54, 1.807) is 0 Å². The molecule has 0 radical (unpaired) electrons. The van der Waals surface area contributed by atoms with Crippen LogP contribution in [-0.4, -0.2) is 0 Å². The van der Waals surface area contributed by atoms with E-state index in [2.05, 4.69) is 279 Å². The zero-order chi connectivity index (χ0) is 45.2. The number of anilines is 3. The average molecular weight is 866 g/mol. The predicted octanol–water partition coefficient (Wildman–Crippen LogP) is 17.3. The fourth-order valence-corrected chi connectivity index (χ4v) is 12.2. The molecule has 0 fully saturated rings. The topological polar surface area (TPSA) is 3.24 Å². The van der Waals surface area contributed by atoms with E-state index in [1.807, 2.05) is 0 Å². The molecule has 0 saturated carbocycles. The van der Waals surface area contributed by atoms with Crippen LogP contribution >= 0.6 is 0 Å². The van der Waals surface area contributed by atoms with Crippen molar-refractivity contribution in [2.45, 2.75) is 17.8 Å². The summed E-state index contributed by atoms with van der Waals surface area (Å²) in [7, 11) is 0. The van der Waals surface area contributed by atoms with Crippen LogP contribution in [0.15, 0.2) is 267 Å². The van der Waals surface area contributed by atoms with Gasteiger partial charge in [-0.1, -0.05) is 249 Å². The maximum Gasteiger partial charge on any atom is 0.0714 e. The summed E-state index contributed by atoms with van der Waals surface area (Å²) in [6.45, 7) is 2.42. The third-order valence-electron chi connectivity index (χ3n) is 15.0. The van der Waals surface area contributed by atoms with Gasteiger partial charge < -0.3 is 4.90 Å². The fraction of sp³-hybridized carbons (Fsp3) is 0.0448. The first kappa shape index (κ1) is 39.8. The average Bonchev–Trinajstić information content (AvgIpc) is 3.88. The van der Waals surface area contributed by atoms with Crippen LogP contribution in [0.5, 0.6) is 0 Å². The smallest absolute Gasteiger partial charge is 0.0714 e. The summed E-state index contributed by atoms with van der Waals surface area (Å²) in [6, 6.07) is 99.1. The third kappa shape index (κ3) is 5.76. The SMILES string of the molecule is CC1(c2ccccc2)c2ccccc2-c2c(N(c3ccccc3-c3cccc4cccc(-c5ccccc5)c34)c3cccc4c3-c3ccccc3C4(c3ccccc3)c3ccccc3)cccc21. The van der Waals surface area contributed by atoms with Gasteiger partial charge in [0.25, 0.3) is 0 Å². The van der Waals surface area contributed by atoms with Crippen molar-refractivity contribution in [1.29, 1.82) is 0 Å². The molecule has 0 saturated heterocycles. The van der Waals surface area contributed by atoms with Gasteiger partial charge in [-0.25, -0.2) is 0 Å². The maximum absolute atomic E-state index is 2.62. The highest BCUT2D eigenvalue weighted by Crippen LogP contribution is 2.62. The molecule has 68 heavy (non-hydrogen) atoms. The van der Waals surface area contributed by atoms with E-state index in [1.165, 1.54) is 88.7 Å². The Labute approximate surface area is 398 Å². The van der Waals surface area contributed by atoms with Crippen LogP contribution in [0.3, 0.4) is 0 Å². The molecule has 2 aliphatic rings. The highest BCUT2D eigenvalue weighted by molar-refractivity contribution is 6.10. The number of rotatable bonds is 8. The number of hydrogen-bond donors (Lipinski definition) is 0. The molecule has 1 atom stereocenters. The van der Waals surface area contributed by atoms with Crippen molar-refractivity contribution in [2.75, 3.05) is 4.90 Å². The highest BCUT2D eigenvalue weighted by Gasteiger charge is 2.48. The van der Waals surface area contributed by atoms with Crippen LogP contribution in [0, 0.1) is 0 Å². The molecule has 0 aromatic heterocycles. The van der Waals surface area contributed by atoms with E-state index < -0.39 is 5.41 Å². The van der Waals surface area contributed by atoms with E-state index >= 15 is 0 Å². The van der Waals surface area contributed by atoms with Gasteiger partial charge in [-0.05, 0) is 103 Å². The molecule has 11 aromatic carbocycles. The van der Waals surface area contributed by atoms with Crippen LogP contribution in [0.1, 0.15) is 45.9 Å². The summed E-state index contributed by atoms with van der Waals surface area (Å²) in [4.78, 5) is 2.62. The zero-order valence-electron chi connectivity index (χ0n) is 37.9. The summed E-state index contributed by atoms with van der Waals surface area (Å²) in [6.07, 6.45) is 0. The van der Waals surface area contributed by atoms with Gasteiger partial charge in [0.2, 0.25) is 0 Å². The molecule has 320 valence electrons. The summed E-state index contributed by atoms with van der Waals surface area (Å²) >= 11 is 0. The Kier molecular flexibility index (Phi) is 9.27. The van der Waals surface area contributed by atoms with E-state index in [0.717, 1.165) is 22.6 Å². The lowest BCUT2D eigenvalue weighted by molar-refractivity contribution is 0.714. The first-order chi connectivity index (χ1) is 33.7. The number of nitrogens with zero attached hydrogens (tertiary/aromatic N) is 1. The molecular weight excluding hydrogens is 819 g/mol. The number of hydrogen-bond acceptors (Lipinski definition) is 1. The van der Waals surface area contributed by atoms with Gasteiger partial charge >= 0.3 is 0 Å². The Hall–Kier alpha value is -8.52. The molecule has 1 heteroatoms. The molecule has 0 amide bonds. The van der Waals surface area contributed by atoms with Crippen molar-refractivity contribution in [3.8, 4) is 44.5 Å². The largest absolute Gasteiger partial charge is 0.309 e. The first-order valence-electron chi connectivity index (χ1n) is 23.8. The number of para-hydroxylation sites is 1. The van der Waals surface area contributed by atoms with Crippen molar-refractivity contribution in [2.24, 2.45) is 0 Å². The van der Waals surface area contributed by atoms with Gasteiger partial charge in [-0.3, -0.25) is 0 Å². The van der Waals surface area contributed by atoms with Crippen molar-refractivity contribution < 1.29 is 0 Å². The van der Waals surface area contributed by atoms with Crippen LogP contribution in [0.2, 0.25) is 0 Å². The molecule has 1 unspecified atom stereocenters. The molecule has 11 aromatic rings. The van der Waals surface area contributed by atoms with Gasteiger partial charge in [0.15, 0.2) is 0 Å². The normalized spacial score (nSPS) is 15.0. The van der Waals surface area contributed by atoms with E-state index in [9.17, 15) is 0 Å². The molecular formula is C67H47N. The summed E-state index contributed by atoms with van der Waals surface area (Å²) in [5.74, 6) is 0. The molecule has 0 N–H and O–H groups in total. The maximum atomic E-state index is 2.62. The fourth-order valence-electron chi connectivity index (χ4n) is 12.2. The van der Waals surface area contributed by atoms with Crippen molar-refractivity contribution in [3.63, 3.8) is 0 Å². The molecule has 13 rings (SSSR count). The lowest BCUT2D eigenvalue weighted by Crippen LogP contribution is -2.28. The van der Waals surface area contributed by atoms with E-state index in [4.69, 9.17) is 0 Å². The van der Waals surface area contributed by atoms with E-state index in [-0.39, 0.29) is 5.41 Å². The Morgan fingerprint density at radius 1 is 0.279 bits per heavy atom. The van der Waals surface area contributed by atoms with Crippen LogP contribution in [0.25, 0.3) is 55.3 Å². The van der Waals surface area contributed by atoms with Crippen LogP contribution in [-0.2, 0) is 10.8 Å². The zero-order valence-corrected chi connectivity index (χ0v) is 37.9. The highest BCUT2D eigenvalue weighted by atomic mass is 15.2. The van der Waals surface area contributed by atoms with Gasteiger partial charge in [-0.15, -0.1) is 0 Å². The van der Waals surface area contributed by atoms with Crippen molar-refractivity contribution >= 4 is 27.8 Å². The minimum atomic E-state index is -0.563. The third-order valence-corrected chi connectivity index (χ3v) is 15.0. The Bertz CT molecular complexity index is 3640. The van der Waals surface area contributed by atoms with Gasteiger partial charge in [0.05, 0.1) is 22.5 Å². The molecule has 1 nitrogen and oxygen atoms in total. The first-order valence-corrected chi connectivity index (χ1v) is 23.8. The van der Waals surface area contributed by atoms with Gasteiger partial charge in [0.1, 0.15) is 0 Å².